The minimum Gasteiger partial charge on any atom is -0.466 e. The Morgan fingerprint density at radius 2 is 1.88 bits per heavy atom. The van der Waals surface area contributed by atoms with Crippen molar-refractivity contribution in [3.05, 3.63) is 0 Å². The lowest BCUT2D eigenvalue weighted by atomic mass is 9.93. The lowest BCUT2D eigenvalue weighted by Gasteiger charge is -2.29. The molecule has 102 valence electrons. The Morgan fingerprint density at radius 3 is 2.41 bits per heavy atom. The van der Waals surface area contributed by atoms with E-state index < -0.39 is 0 Å². The first-order chi connectivity index (χ1) is 8.08. The van der Waals surface area contributed by atoms with Gasteiger partial charge in [-0.2, -0.15) is 0 Å². The van der Waals surface area contributed by atoms with Gasteiger partial charge < -0.3 is 9.47 Å². The molecule has 0 aliphatic carbocycles. The summed E-state index contributed by atoms with van der Waals surface area (Å²) in [6, 6.07) is 0. The van der Waals surface area contributed by atoms with E-state index in [1.807, 2.05) is 13.8 Å². The predicted molar refractivity (Wildman–Crippen MR) is 73.5 cm³/mol. The molecule has 1 unspecified atom stereocenters. The maximum Gasteiger partial charge on any atom is 0.305 e. The number of ether oxygens (including phenoxy) is 2. The molecule has 0 heterocycles. The van der Waals surface area contributed by atoms with E-state index in [0.717, 1.165) is 31.0 Å². The summed E-state index contributed by atoms with van der Waals surface area (Å²) in [7, 11) is 0. The van der Waals surface area contributed by atoms with Crippen LogP contribution in [0.2, 0.25) is 0 Å². The molecule has 0 aliphatic rings. The van der Waals surface area contributed by atoms with E-state index in [1.165, 1.54) is 0 Å². The van der Waals surface area contributed by atoms with Crippen LogP contribution >= 0.6 is 15.9 Å². The number of carbonyl (C=O) groups excluding carboxylic acids is 1. The van der Waals surface area contributed by atoms with Crippen LogP contribution in [0.5, 0.6) is 0 Å². The maximum absolute atomic E-state index is 11.3. The number of esters is 1. The molecule has 0 spiro atoms. The van der Waals surface area contributed by atoms with Crippen molar-refractivity contribution in [1.82, 2.24) is 0 Å². The molecule has 0 amide bonds. The van der Waals surface area contributed by atoms with Crippen LogP contribution in [0.4, 0.5) is 0 Å². The van der Waals surface area contributed by atoms with E-state index >= 15 is 0 Å². The molecule has 0 bridgehead atoms. The third-order valence-electron chi connectivity index (χ3n) is 2.75. The first-order valence-corrected chi connectivity index (χ1v) is 7.55. The molecule has 0 aromatic rings. The molecular weight excluding hydrogens is 284 g/mol. The quantitative estimate of drug-likeness (QED) is 0.351. The monoisotopic (exact) mass is 308 g/mol. The van der Waals surface area contributed by atoms with Crippen LogP contribution in [0.1, 0.15) is 52.9 Å². The zero-order valence-electron chi connectivity index (χ0n) is 11.3. The van der Waals surface area contributed by atoms with Gasteiger partial charge in [-0.05, 0) is 46.5 Å². The van der Waals surface area contributed by atoms with Crippen molar-refractivity contribution in [3.8, 4) is 0 Å². The third kappa shape index (κ3) is 8.61. The summed E-state index contributed by atoms with van der Waals surface area (Å²) in [6.45, 7) is 7.05. The molecule has 3 nitrogen and oxygen atoms in total. The van der Waals surface area contributed by atoms with Gasteiger partial charge in [0.15, 0.2) is 0 Å². The van der Waals surface area contributed by atoms with Crippen LogP contribution in [0.3, 0.4) is 0 Å². The fraction of sp³-hybridized carbons (Fsp3) is 0.923. The van der Waals surface area contributed by atoms with Crippen molar-refractivity contribution in [2.45, 2.75) is 58.5 Å². The van der Waals surface area contributed by atoms with E-state index in [0.29, 0.717) is 19.6 Å². The fourth-order valence-corrected chi connectivity index (χ4v) is 2.21. The first kappa shape index (κ1) is 16.9. The molecule has 4 heteroatoms. The number of hydrogen-bond donors (Lipinski definition) is 0. The summed E-state index contributed by atoms with van der Waals surface area (Å²) in [5, 5.41) is 1.02. The van der Waals surface area contributed by atoms with Crippen molar-refractivity contribution >= 4 is 21.9 Å². The number of alkyl halides is 1. The molecule has 0 aliphatic heterocycles. The van der Waals surface area contributed by atoms with Crippen LogP contribution < -0.4 is 0 Å². The van der Waals surface area contributed by atoms with E-state index in [2.05, 4.69) is 22.9 Å². The number of rotatable bonds is 10. The Kier molecular flexibility index (Phi) is 9.84. The van der Waals surface area contributed by atoms with Gasteiger partial charge in [-0.15, -0.1) is 0 Å². The highest BCUT2D eigenvalue weighted by Gasteiger charge is 2.25. The zero-order valence-corrected chi connectivity index (χ0v) is 12.8. The molecule has 0 aromatic carbocycles. The van der Waals surface area contributed by atoms with Crippen LogP contribution in [0.15, 0.2) is 0 Å². The number of halogens is 1. The molecule has 17 heavy (non-hydrogen) atoms. The average molecular weight is 309 g/mol. The van der Waals surface area contributed by atoms with Gasteiger partial charge in [-0.25, -0.2) is 0 Å². The summed E-state index contributed by atoms with van der Waals surface area (Å²) in [4.78, 5) is 11.3. The van der Waals surface area contributed by atoms with Crippen molar-refractivity contribution in [1.29, 1.82) is 0 Å². The van der Waals surface area contributed by atoms with Crippen LogP contribution in [-0.4, -0.2) is 30.1 Å². The molecule has 0 fully saturated rings. The van der Waals surface area contributed by atoms with Crippen molar-refractivity contribution < 1.29 is 14.3 Å². The summed E-state index contributed by atoms with van der Waals surface area (Å²) in [5.41, 5.74) is -0.191. The Hall–Kier alpha value is -0.0900. The number of carbonyl (C=O) groups is 1. The summed E-state index contributed by atoms with van der Waals surface area (Å²) in [6.07, 6.45) is 4.43. The van der Waals surface area contributed by atoms with Gasteiger partial charge >= 0.3 is 5.97 Å². The van der Waals surface area contributed by atoms with E-state index in [4.69, 9.17) is 9.47 Å². The van der Waals surface area contributed by atoms with Gasteiger partial charge in [0.1, 0.15) is 0 Å². The second-order valence-electron chi connectivity index (χ2n) is 4.33. The summed E-state index contributed by atoms with van der Waals surface area (Å²) >= 11 is 3.42. The van der Waals surface area contributed by atoms with Gasteiger partial charge in [-0.1, -0.05) is 15.9 Å². The number of unbranched alkanes of at least 4 members (excludes halogenated alkanes) is 1. The van der Waals surface area contributed by atoms with E-state index in [9.17, 15) is 4.79 Å². The van der Waals surface area contributed by atoms with Gasteiger partial charge in [-0.3, -0.25) is 4.79 Å². The van der Waals surface area contributed by atoms with Crippen molar-refractivity contribution in [3.63, 3.8) is 0 Å². The largest absolute Gasteiger partial charge is 0.466 e. The van der Waals surface area contributed by atoms with Crippen LogP contribution in [0, 0.1) is 0 Å². The van der Waals surface area contributed by atoms with Crippen LogP contribution in [0.25, 0.3) is 0 Å². The predicted octanol–water partition coefficient (Wildman–Crippen LogP) is 3.69. The van der Waals surface area contributed by atoms with Crippen molar-refractivity contribution in [2.75, 3.05) is 18.5 Å². The molecule has 0 N–H and O–H groups in total. The molecule has 0 saturated carbocycles. The summed E-state index contributed by atoms with van der Waals surface area (Å²) in [5.74, 6) is -0.126. The molecule has 0 saturated heterocycles. The van der Waals surface area contributed by atoms with Crippen molar-refractivity contribution in [2.24, 2.45) is 0 Å². The van der Waals surface area contributed by atoms with E-state index in [1.54, 1.807) is 0 Å². The Labute approximate surface area is 113 Å². The topological polar surface area (TPSA) is 35.5 Å². The Morgan fingerprint density at radius 1 is 1.18 bits per heavy atom. The minimum absolute atomic E-state index is 0.126. The standard InChI is InChI=1S/C13H25BrO3/c1-4-16-12(15)8-10-13(3,17-5-2)9-6-7-11-14/h4-11H2,1-3H3. The molecule has 0 rings (SSSR count). The molecular formula is C13H25BrO3. The average Bonchev–Trinajstić information content (AvgIpc) is 2.28. The maximum atomic E-state index is 11.3. The second kappa shape index (κ2) is 9.89. The molecule has 0 radical (unpaired) electrons. The lowest BCUT2D eigenvalue weighted by Crippen LogP contribution is -2.30. The third-order valence-corrected chi connectivity index (χ3v) is 3.31. The lowest BCUT2D eigenvalue weighted by molar-refractivity contribution is -0.145. The highest BCUT2D eigenvalue weighted by molar-refractivity contribution is 9.09. The van der Waals surface area contributed by atoms with Gasteiger partial charge in [0.05, 0.1) is 12.2 Å². The van der Waals surface area contributed by atoms with Gasteiger partial charge in [0, 0.05) is 18.4 Å². The molecule has 0 aromatic heterocycles. The Balaban J connectivity index is 4.05. The number of hydrogen-bond acceptors (Lipinski definition) is 3. The summed E-state index contributed by atoms with van der Waals surface area (Å²) < 4.78 is 10.7. The highest BCUT2D eigenvalue weighted by atomic mass is 79.9. The SMILES string of the molecule is CCOC(=O)CCC(C)(CCCCBr)OCC. The smallest absolute Gasteiger partial charge is 0.305 e. The Bertz CT molecular complexity index is 209. The second-order valence-corrected chi connectivity index (χ2v) is 5.13. The van der Waals surface area contributed by atoms with Crippen LogP contribution in [-0.2, 0) is 14.3 Å². The first-order valence-electron chi connectivity index (χ1n) is 6.43. The zero-order chi connectivity index (χ0) is 13.1. The van der Waals surface area contributed by atoms with Gasteiger partial charge in [0.2, 0.25) is 0 Å². The van der Waals surface area contributed by atoms with E-state index in [-0.39, 0.29) is 11.6 Å². The minimum atomic E-state index is -0.191. The highest BCUT2D eigenvalue weighted by Crippen LogP contribution is 2.25. The normalized spacial score (nSPS) is 14.4. The molecule has 1 atom stereocenters. The van der Waals surface area contributed by atoms with Gasteiger partial charge in [0.25, 0.3) is 0 Å². The fourth-order valence-electron chi connectivity index (χ4n) is 1.81.